The number of hydrogen-bond acceptors (Lipinski definition) is 3. The van der Waals surface area contributed by atoms with Crippen LogP contribution in [-0.2, 0) is 10.5 Å². The number of aliphatic hydroxyl groups excluding tert-OH is 1. The van der Waals surface area contributed by atoms with Crippen LogP contribution in [-0.4, -0.2) is 30.7 Å². The Morgan fingerprint density at radius 1 is 1.44 bits per heavy atom. The molecule has 1 saturated heterocycles. The van der Waals surface area contributed by atoms with Crippen LogP contribution in [0.15, 0.2) is 24.3 Å². The summed E-state index contributed by atoms with van der Waals surface area (Å²) in [7, 11) is 0. The van der Waals surface area contributed by atoms with Crippen LogP contribution >= 0.6 is 11.8 Å². The minimum atomic E-state index is 0.0362. The SMILES string of the molecule is Cc1cccc(CSCC2(CO)COC2)c1. The molecule has 0 bridgehead atoms. The third-order valence-corrected chi connectivity index (χ3v) is 4.27. The van der Waals surface area contributed by atoms with Crippen molar-refractivity contribution in [1.29, 1.82) is 0 Å². The monoisotopic (exact) mass is 238 g/mol. The maximum Gasteiger partial charge on any atom is 0.0575 e. The zero-order valence-electron chi connectivity index (χ0n) is 9.61. The van der Waals surface area contributed by atoms with E-state index in [1.165, 1.54) is 11.1 Å². The average Bonchev–Trinajstić information content (AvgIpc) is 2.22. The van der Waals surface area contributed by atoms with E-state index in [0.717, 1.165) is 11.5 Å². The first kappa shape index (κ1) is 12.0. The summed E-state index contributed by atoms with van der Waals surface area (Å²) < 4.78 is 5.18. The number of benzene rings is 1. The molecule has 0 unspecified atom stereocenters. The van der Waals surface area contributed by atoms with E-state index < -0.39 is 0 Å². The van der Waals surface area contributed by atoms with Gasteiger partial charge >= 0.3 is 0 Å². The van der Waals surface area contributed by atoms with Crippen LogP contribution in [0.2, 0.25) is 0 Å². The molecule has 1 aliphatic rings. The molecule has 1 aromatic carbocycles. The molecule has 1 aromatic rings. The van der Waals surface area contributed by atoms with Gasteiger partial charge < -0.3 is 9.84 Å². The van der Waals surface area contributed by atoms with Crippen molar-refractivity contribution in [3.63, 3.8) is 0 Å². The fourth-order valence-electron chi connectivity index (χ4n) is 1.80. The van der Waals surface area contributed by atoms with Crippen LogP contribution in [0, 0.1) is 12.3 Å². The molecule has 1 heterocycles. The average molecular weight is 238 g/mol. The molecule has 2 nitrogen and oxygen atoms in total. The summed E-state index contributed by atoms with van der Waals surface area (Å²) in [5, 5.41) is 9.28. The molecule has 88 valence electrons. The molecule has 0 amide bonds. The van der Waals surface area contributed by atoms with Crippen LogP contribution in [0.5, 0.6) is 0 Å². The van der Waals surface area contributed by atoms with Gasteiger partial charge in [0, 0.05) is 16.9 Å². The van der Waals surface area contributed by atoms with Gasteiger partial charge in [0.25, 0.3) is 0 Å². The Labute approximate surface area is 101 Å². The second-order valence-corrected chi connectivity index (χ2v) is 5.62. The molecule has 1 aliphatic heterocycles. The van der Waals surface area contributed by atoms with Crippen molar-refractivity contribution in [1.82, 2.24) is 0 Å². The Balaban J connectivity index is 1.79. The quantitative estimate of drug-likeness (QED) is 0.853. The van der Waals surface area contributed by atoms with Gasteiger partial charge in [0.2, 0.25) is 0 Å². The number of thioether (sulfide) groups is 1. The summed E-state index contributed by atoms with van der Waals surface area (Å²) in [5.74, 6) is 2.00. The number of aryl methyl sites for hydroxylation is 1. The van der Waals surface area contributed by atoms with Crippen molar-refractivity contribution in [3.8, 4) is 0 Å². The Hall–Kier alpha value is -0.510. The van der Waals surface area contributed by atoms with E-state index >= 15 is 0 Å². The van der Waals surface area contributed by atoms with Gasteiger partial charge in [-0.3, -0.25) is 0 Å². The minimum Gasteiger partial charge on any atom is -0.396 e. The van der Waals surface area contributed by atoms with Crippen LogP contribution in [0.3, 0.4) is 0 Å². The lowest BCUT2D eigenvalue weighted by Crippen LogP contribution is -2.47. The standard InChI is InChI=1S/C13H18O2S/c1-11-3-2-4-12(5-11)6-16-10-13(7-14)8-15-9-13/h2-5,14H,6-10H2,1H3. The van der Waals surface area contributed by atoms with E-state index in [2.05, 4.69) is 31.2 Å². The van der Waals surface area contributed by atoms with E-state index in [1.807, 2.05) is 11.8 Å². The van der Waals surface area contributed by atoms with Crippen molar-refractivity contribution in [2.75, 3.05) is 25.6 Å². The highest BCUT2D eigenvalue weighted by molar-refractivity contribution is 7.98. The topological polar surface area (TPSA) is 29.5 Å². The van der Waals surface area contributed by atoms with Crippen molar-refractivity contribution in [2.24, 2.45) is 5.41 Å². The fraction of sp³-hybridized carbons (Fsp3) is 0.538. The summed E-state index contributed by atoms with van der Waals surface area (Å²) in [6, 6.07) is 8.58. The summed E-state index contributed by atoms with van der Waals surface area (Å²) in [5.41, 5.74) is 2.70. The van der Waals surface area contributed by atoms with Gasteiger partial charge in [-0.05, 0) is 12.5 Å². The zero-order chi connectivity index (χ0) is 11.4. The first-order chi connectivity index (χ1) is 7.74. The summed E-state index contributed by atoms with van der Waals surface area (Å²) in [6.07, 6.45) is 0. The van der Waals surface area contributed by atoms with Crippen molar-refractivity contribution >= 4 is 11.8 Å². The Morgan fingerprint density at radius 3 is 2.81 bits per heavy atom. The maximum atomic E-state index is 9.28. The van der Waals surface area contributed by atoms with Gasteiger partial charge in [-0.15, -0.1) is 0 Å². The lowest BCUT2D eigenvalue weighted by molar-refractivity contribution is -0.121. The highest BCUT2D eigenvalue weighted by Crippen LogP contribution is 2.32. The lowest BCUT2D eigenvalue weighted by atomic mass is 9.90. The molecule has 0 saturated carbocycles. The predicted octanol–water partition coefficient (Wildman–Crippen LogP) is 2.24. The van der Waals surface area contributed by atoms with Gasteiger partial charge in [-0.1, -0.05) is 29.8 Å². The maximum absolute atomic E-state index is 9.28. The Morgan fingerprint density at radius 2 is 2.25 bits per heavy atom. The molecule has 1 N–H and O–H groups in total. The van der Waals surface area contributed by atoms with E-state index in [-0.39, 0.29) is 12.0 Å². The van der Waals surface area contributed by atoms with Crippen molar-refractivity contribution in [2.45, 2.75) is 12.7 Å². The van der Waals surface area contributed by atoms with E-state index in [9.17, 15) is 5.11 Å². The second-order valence-electron chi connectivity index (χ2n) is 4.63. The fourth-order valence-corrected chi connectivity index (χ4v) is 3.01. The molecule has 1 fully saturated rings. The molecular formula is C13H18O2S. The molecule has 0 radical (unpaired) electrons. The van der Waals surface area contributed by atoms with Crippen molar-refractivity contribution < 1.29 is 9.84 Å². The number of hydrogen-bond donors (Lipinski definition) is 1. The van der Waals surface area contributed by atoms with Crippen LogP contribution in [0.25, 0.3) is 0 Å². The summed E-state index contributed by atoms with van der Waals surface area (Å²) in [4.78, 5) is 0. The van der Waals surface area contributed by atoms with E-state index in [4.69, 9.17) is 4.74 Å². The normalized spacial score (nSPS) is 18.1. The largest absolute Gasteiger partial charge is 0.396 e. The Kier molecular flexibility index (Phi) is 3.90. The zero-order valence-corrected chi connectivity index (χ0v) is 10.4. The van der Waals surface area contributed by atoms with Gasteiger partial charge in [0.05, 0.1) is 19.8 Å². The first-order valence-corrected chi connectivity index (χ1v) is 6.71. The van der Waals surface area contributed by atoms with Crippen LogP contribution < -0.4 is 0 Å². The number of ether oxygens (including phenoxy) is 1. The minimum absolute atomic E-state index is 0.0362. The first-order valence-electron chi connectivity index (χ1n) is 5.56. The van der Waals surface area contributed by atoms with Gasteiger partial charge in [-0.2, -0.15) is 11.8 Å². The molecule has 0 aromatic heterocycles. The van der Waals surface area contributed by atoms with Crippen LogP contribution in [0.4, 0.5) is 0 Å². The Bertz CT molecular complexity index is 342. The van der Waals surface area contributed by atoms with Gasteiger partial charge in [-0.25, -0.2) is 0 Å². The molecule has 2 rings (SSSR count). The molecule has 0 atom stereocenters. The highest BCUT2D eigenvalue weighted by Gasteiger charge is 2.37. The molecule has 3 heteroatoms. The number of aliphatic hydroxyl groups is 1. The predicted molar refractivity (Wildman–Crippen MR) is 67.7 cm³/mol. The summed E-state index contributed by atoms with van der Waals surface area (Å²) >= 11 is 1.88. The summed E-state index contributed by atoms with van der Waals surface area (Å²) in [6.45, 7) is 3.78. The smallest absolute Gasteiger partial charge is 0.0575 e. The van der Waals surface area contributed by atoms with Gasteiger partial charge in [0.15, 0.2) is 0 Å². The third-order valence-electron chi connectivity index (χ3n) is 2.91. The molecule has 0 spiro atoms. The molecular weight excluding hydrogens is 220 g/mol. The van der Waals surface area contributed by atoms with Crippen LogP contribution in [0.1, 0.15) is 11.1 Å². The third kappa shape index (κ3) is 2.78. The van der Waals surface area contributed by atoms with E-state index in [0.29, 0.717) is 13.2 Å². The van der Waals surface area contributed by atoms with Gasteiger partial charge in [0.1, 0.15) is 0 Å². The number of rotatable bonds is 5. The van der Waals surface area contributed by atoms with E-state index in [1.54, 1.807) is 0 Å². The second kappa shape index (κ2) is 5.21. The van der Waals surface area contributed by atoms with Crippen molar-refractivity contribution in [3.05, 3.63) is 35.4 Å². The molecule has 16 heavy (non-hydrogen) atoms. The molecule has 0 aliphatic carbocycles. The highest BCUT2D eigenvalue weighted by atomic mass is 32.2. The lowest BCUT2D eigenvalue weighted by Gasteiger charge is -2.39.